The summed E-state index contributed by atoms with van der Waals surface area (Å²) in [5.74, 6) is -0.761. The van der Waals surface area contributed by atoms with E-state index in [-0.39, 0.29) is 24.5 Å². The fourth-order valence-electron chi connectivity index (χ4n) is 5.38. The fourth-order valence-corrected chi connectivity index (χ4v) is 9.78. The van der Waals surface area contributed by atoms with Gasteiger partial charge in [-0.3, -0.25) is 4.79 Å². The quantitative estimate of drug-likeness (QED) is 0.127. The molecule has 0 bridgehead atoms. The number of nitrogens with zero attached hydrogens (tertiary/aromatic N) is 1. The summed E-state index contributed by atoms with van der Waals surface area (Å²) in [6.07, 6.45) is 2.40. The molecule has 1 saturated heterocycles. The van der Waals surface area contributed by atoms with Crippen LogP contribution < -0.4 is 15.9 Å². The lowest BCUT2D eigenvalue weighted by molar-refractivity contribution is -0.150. The van der Waals surface area contributed by atoms with E-state index >= 15 is 0 Å². The van der Waals surface area contributed by atoms with Crippen LogP contribution in [-0.2, 0) is 20.9 Å². The van der Waals surface area contributed by atoms with Gasteiger partial charge in [-0.15, -0.1) is 6.58 Å². The van der Waals surface area contributed by atoms with Gasteiger partial charge in [0.2, 0.25) is 5.91 Å². The molecule has 4 aromatic rings. The third-order valence-electron chi connectivity index (χ3n) is 7.32. The van der Waals surface area contributed by atoms with Crippen molar-refractivity contribution in [3.8, 4) is 0 Å². The first kappa shape index (κ1) is 26.5. The Labute approximate surface area is 230 Å². The van der Waals surface area contributed by atoms with Crippen molar-refractivity contribution in [2.75, 3.05) is 0 Å². The smallest absolute Gasteiger partial charge is 0.356 e. The van der Waals surface area contributed by atoms with E-state index < -0.39 is 12.9 Å². The Morgan fingerprint density at radius 2 is 1.23 bits per heavy atom. The molecule has 1 heterocycles. The predicted octanol–water partition coefficient (Wildman–Crippen LogP) is 5.28. The van der Waals surface area contributed by atoms with Gasteiger partial charge in [0.1, 0.15) is 12.0 Å². The van der Waals surface area contributed by atoms with Crippen molar-refractivity contribution in [1.29, 1.82) is 0 Å². The van der Waals surface area contributed by atoms with Crippen molar-refractivity contribution in [2.45, 2.75) is 26.0 Å². The van der Waals surface area contributed by atoms with Crippen LogP contribution in [0.3, 0.4) is 0 Å². The van der Waals surface area contributed by atoms with Crippen LogP contribution in [0.5, 0.6) is 0 Å². The highest BCUT2D eigenvalue weighted by Crippen LogP contribution is 2.49. The first-order valence-electron chi connectivity index (χ1n) is 13.2. The molecule has 0 aromatic heterocycles. The second kappa shape index (κ2) is 11.7. The van der Waals surface area contributed by atoms with Gasteiger partial charge in [-0.1, -0.05) is 134 Å². The van der Waals surface area contributed by atoms with Gasteiger partial charge in [-0.25, -0.2) is 4.79 Å². The molecule has 5 heteroatoms. The van der Waals surface area contributed by atoms with Crippen LogP contribution in [0, 0.1) is 5.92 Å². The Morgan fingerprint density at radius 3 is 1.67 bits per heavy atom. The molecule has 1 fully saturated rings. The minimum Gasteiger partial charge on any atom is -0.456 e. The topological polar surface area (TPSA) is 46.6 Å². The SMILES string of the molecule is C=CCC1[C@H](C)C(=O)N1C(C(=O)OCc1ccccc1)=P(c1ccccc1)(c1ccccc1)c1ccccc1. The minimum absolute atomic E-state index is 0.0688. The second-order valence-electron chi connectivity index (χ2n) is 9.65. The zero-order valence-corrected chi connectivity index (χ0v) is 22.9. The molecule has 1 aliphatic rings. The van der Waals surface area contributed by atoms with Crippen molar-refractivity contribution in [2.24, 2.45) is 5.92 Å². The first-order chi connectivity index (χ1) is 19.1. The second-order valence-corrected chi connectivity index (χ2v) is 13.0. The van der Waals surface area contributed by atoms with E-state index in [9.17, 15) is 9.59 Å². The largest absolute Gasteiger partial charge is 0.456 e. The highest BCUT2D eigenvalue weighted by atomic mass is 31.2. The lowest BCUT2D eigenvalue weighted by Crippen LogP contribution is -2.64. The molecule has 1 unspecified atom stereocenters. The summed E-state index contributed by atoms with van der Waals surface area (Å²) < 4.78 is 6.06. The van der Waals surface area contributed by atoms with E-state index in [4.69, 9.17) is 4.74 Å². The molecule has 0 radical (unpaired) electrons. The summed E-state index contributed by atoms with van der Waals surface area (Å²) in [5, 5.41) is 2.95. The van der Waals surface area contributed by atoms with Crippen LogP contribution >= 0.6 is 6.89 Å². The Morgan fingerprint density at radius 1 is 0.795 bits per heavy atom. The summed E-state index contributed by atoms with van der Waals surface area (Å²) in [6, 6.07) is 39.7. The summed E-state index contributed by atoms with van der Waals surface area (Å²) in [4.78, 5) is 29.9. The van der Waals surface area contributed by atoms with Gasteiger partial charge >= 0.3 is 5.97 Å². The normalized spacial score (nSPS) is 16.7. The number of rotatable bonds is 9. The number of β-lactam (4-membered cyclic amide) rings is 1. The number of carbonyl (C=O) groups is 2. The molecule has 0 spiro atoms. The van der Waals surface area contributed by atoms with Crippen LogP contribution in [0.2, 0.25) is 0 Å². The molecule has 5 rings (SSSR count). The van der Waals surface area contributed by atoms with Crippen LogP contribution in [0.4, 0.5) is 0 Å². The van der Waals surface area contributed by atoms with Gasteiger partial charge in [0, 0.05) is 6.89 Å². The molecule has 0 saturated carbocycles. The van der Waals surface area contributed by atoms with Crippen molar-refractivity contribution in [3.63, 3.8) is 0 Å². The maximum atomic E-state index is 14.5. The maximum Gasteiger partial charge on any atom is 0.356 e. The van der Waals surface area contributed by atoms with Gasteiger partial charge in [-0.05, 0) is 27.9 Å². The Hall–Kier alpha value is -4.14. The third kappa shape index (κ3) is 4.89. The minimum atomic E-state index is -2.87. The molecule has 39 heavy (non-hydrogen) atoms. The molecule has 4 nitrogen and oxygen atoms in total. The van der Waals surface area contributed by atoms with Crippen LogP contribution in [0.25, 0.3) is 0 Å². The zero-order valence-electron chi connectivity index (χ0n) is 22.0. The lowest BCUT2D eigenvalue weighted by Gasteiger charge is -2.48. The van der Waals surface area contributed by atoms with E-state index in [1.807, 2.05) is 97.9 Å². The van der Waals surface area contributed by atoms with Crippen LogP contribution in [0.15, 0.2) is 134 Å². The van der Waals surface area contributed by atoms with Gasteiger partial charge in [-0.2, -0.15) is 0 Å². The monoisotopic (exact) mass is 533 g/mol. The average molecular weight is 534 g/mol. The van der Waals surface area contributed by atoms with E-state index in [0.29, 0.717) is 11.8 Å². The van der Waals surface area contributed by atoms with Gasteiger partial charge < -0.3 is 9.64 Å². The van der Waals surface area contributed by atoms with Gasteiger partial charge in [0.05, 0.1) is 12.0 Å². The van der Waals surface area contributed by atoms with Crippen molar-refractivity contribution in [1.82, 2.24) is 4.90 Å². The first-order valence-corrected chi connectivity index (χ1v) is 15.0. The summed E-state index contributed by atoms with van der Waals surface area (Å²) in [5.41, 5.74) is 1.30. The summed E-state index contributed by atoms with van der Waals surface area (Å²) in [7, 11) is 0. The molecule has 1 amide bonds. The van der Waals surface area contributed by atoms with Crippen molar-refractivity contribution < 1.29 is 14.3 Å². The molecular formula is C34H32NO3P. The lowest BCUT2D eigenvalue weighted by atomic mass is 9.87. The van der Waals surface area contributed by atoms with Crippen molar-refractivity contribution in [3.05, 3.63) is 140 Å². The molecular weight excluding hydrogens is 501 g/mol. The molecule has 0 aliphatic carbocycles. The number of ether oxygens (including phenoxy) is 1. The number of amides is 1. The number of hydrogen-bond donors (Lipinski definition) is 0. The predicted molar refractivity (Wildman–Crippen MR) is 161 cm³/mol. The maximum absolute atomic E-state index is 14.5. The van der Waals surface area contributed by atoms with E-state index in [1.165, 1.54) is 0 Å². The highest BCUT2D eigenvalue weighted by Gasteiger charge is 2.51. The molecule has 1 aliphatic heterocycles. The van der Waals surface area contributed by atoms with Gasteiger partial charge in [0.25, 0.3) is 0 Å². The van der Waals surface area contributed by atoms with E-state index in [0.717, 1.165) is 21.5 Å². The number of hydrogen-bond acceptors (Lipinski definition) is 3. The fraction of sp³-hybridized carbons (Fsp3) is 0.147. The summed E-state index contributed by atoms with van der Waals surface area (Å²) in [6.45, 7) is 3.11. The molecule has 4 aromatic carbocycles. The number of benzene rings is 4. The van der Waals surface area contributed by atoms with Crippen LogP contribution in [0.1, 0.15) is 18.9 Å². The molecule has 196 valence electrons. The molecule has 0 N–H and O–H groups in total. The number of carbonyl (C=O) groups excluding carboxylic acids is 2. The van der Waals surface area contributed by atoms with Gasteiger partial charge in [0.15, 0.2) is 0 Å². The standard InChI is InChI=1S/C34H32NO3P/c1-3-16-31-26(2)32(36)35(31)33(34(37)38-25-27-17-8-4-9-18-27)39(28-19-10-5-11-20-28,29-21-12-6-13-22-29)30-23-14-7-15-24-30/h3-15,17-24,26,31H,1,16,25H2,2H3/t26-,31?/m0/s1. The molecule has 2 atom stereocenters. The highest BCUT2D eigenvalue weighted by molar-refractivity contribution is 7.96. The number of esters is 1. The van der Waals surface area contributed by atoms with E-state index in [1.54, 1.807) is 4.90 Å². The average Bonchev–Trinajstić information content (AvgIpc) is 3.01. The Kier molecular flexibility index (Phi) is 7.95. The van der Waals surface area contributed by atoms with Crippen LogP contribution in [-0.4, -0.2) is 28.2 Å². The zero-order chi connectivity index (χ0) is 27.2. The summed E-state index contributed by atoms with van der Waals surface area (Å²) >= 11 is 0. The van der Waals surface area contributed by atoms with Crippen molar-refractivity contribution >= 4 is 40.1 Å². The number of likely N-dealkylation sites (tertiary alicyclic amines) is 1. The Balaban J connectivity index is 1.87. The Bertz CT molecular complexity index is 1400. The van der Waals surface area contributed by atoms with E-state index in [2.05, 4.69) is 43.0 Å². The third-order valence-corrected chi connectivity index (χ3v) is 11.6.